The van der Waals surface area contributed by atoms with E-state index in [0.29, 0.717) is 11.5 Å². The van der Waals surface area contributed by atoms with E-state index in [0.717, 1.165) is 12.0 Å². The molecule has 2 fully saturated rings. The third kappa shape index (κ3) is 12.3. The number of carboxylic acid groups (broad SMARTS) is 1. The van der Waals surface area contributed by atoms with E-state index in [1.165, 1.54) is 12.2 Å². The van der Waals surface area contributed by atoms with Crippen molar-refractivity contribution in [3.8, 4) is 0 Å². The summed E-state index contributed by atoms with van der Waals surface area (Å²) in [6.07, 6.45) is 13.3. The molecule has 43 heavy (non-hydrogen) atoms. The van der Waals surface area contributed by atoms with Gasteiger partial charge in [-0.05, 0) is 32.3 Å². The first kappa shape index (κ1) is 36.9. The Labute approximate surface area is 263 Å². The number of ether oxygens (including phenoxy) is 2. The maximum atomic E-state index is 12.1. The van der Waals surface area contributed by atoms with Gasteiger partial charge in [-0.1, -0.05) is 79.6 Å². The summed E-state index contributed by atoms with van der Waals surface area (Å²) in [4.78, 5) is 23.2. The van der Waals surface area contributed by atoms with E-state index in [4.69, 9.17) is 37.8 Å². The Balaban J connectivity index is 1.86. The summed E-state index contributed by atoms with van der Waals surface area (Å²) in [6, 6.07) is 0. The van der Waals surface area contributed by atoms with Crippen LogP contribution in [0.3, 0.4) is 0 Å². The number of hydrogen-bond acceptors (Lipinski definition) is 8. The molecular formula is C32H44Cl2O9. The van der Waals surface area contributed by atoms with E-state index in [1.807, 2.05) is 19.9 Å². The maximum Gasteiger partial charge on any atom is 0.331 e. The zero-order valence-corrected chi connectivity index (χ0v) is 26.3. The normalized spacial score (nSPS) is 32.6. The minimum atomic E-state index is -1.76. The molecule has 0 bridgehead atoms. The van der Waals surface area contributed by atoms with Gasteiger partial charge in [0.05, 0.1) is 35.7 Å². The Hall–Kier alpha value is -2.24. The lowest BCUT2D eigenvalue weighted by Crippen LogP contribution is -2.53. The van der Waals surface area contributed by atoms with Crippen molar-refractivity contribution in [2.45, 2.75) is 101 Å². The molecule has 2 rings (SSSR count). The lowest BCUT2D eigenvalue weighted by Gasteiger charge is -2.42. The number of carbonyl (C=O) groups excluding carboxylic acids is 1. The lowest BCUT2D eigenvalue weighted by atomic mass is 9.85. The van der Waals surface area contributed by atoms with Crippen LogP contribution in [-0.2, 0) is 19.1 Å². The molecule has 1 aliphatic heterocycles. The number of rotatable bonds is 13. The number of aliphatic hydroxyl groups is 4. The molecule has 1 aliphatic carbocycles. The third-order valence-electron chi connectivity index (χ3n) is 7.47. The van der Waals surface area contributed by atoms with Gasteiger partial charge >= 0.3 is 11.9 Å². The fourth-order valence-corrected chi connectivity index (χ4v) is 5.26. The van der Waals surface area contributed by atoms with Crippen molar-refractivity contribution in [3.63, 3.8) is 0 Å². The molecule has 2 aliphatic rings. The van der Waals surface area contributed by atoms with Crippen LogP contribution >= 0.6 is 23.2 Å². The first-order valence-corrected chi connectivity index (χ1v) is 15.3. The van der Waals surface area contributed by atoms with Gasteiger partial charge < -0.3 is 35.0 Å². The summed E-state index contributed by atoms with van der Waals surface area (Å²) in [5.74, 6) is -4.53. The van der Waals surface area contributed by atoms with Crippen molar-refractivity contribution in [1.82, 2.24) is 0 Å². The molecule has 9 nitrogen and oxygen atoms in total. The van der Waals surface area contributed by atoms with E-state index in [2.05, 4.69) is 0 Å². The second kappa shape index (κ2) is 17.9. The zero-order chi connectivity index (χ0) is 32.2. The number of aliphatic hydroxyl groups excluding tert-OH is 3. The number of esters is 1. The molecule has 1 saturated heterocycles. The van der Waals surface area contributed by atoms with Crippen LogP contribution in [0.1, 0.15) is 59.3 Å². The lowest BCUT2D eigenvalue weighted by molar-refractivity contribution is -0.272. The third-order valence-corrected chi connectivity index (χ3v) is 8.48. The molecular weight excluding hydrogens is 599 g/mol. The molecule has 3 unspecified atom stereocenters. The van der Waals surface area contributed by atoms with Gasteiger partial charge in [-0.25, -0.2) is 4.79 Å². The molecule has 1 heterocycles. The quantitative estimate of drug-likeness (QED) is 0.0633. The first-order valence-electron chi connectivity index (χ1n) is 14.5. The Morgan fingerprint density at radius 1 is 1.09 bits per heavy atom. The Morgan fingerprint density at radius 3 is 2.44 bits per heavy atom. The summed E-state index contributed by atoms with van der Waals surface area (Å²) in [6.45, 7) is 5.52. The SMILES string of the molecule is CC/C=C/C1O[C@](O)(C[C@H](O)[C@H](C)/C(Cl)=C/C=C/C=C(C)/C=C/C=C/C(=O)O[C@@H]2C[C@@H](C(=O)O)CC[C@@H]2O)CC(O)C1Cl. The summed E-state index contributed by atoms with van der Waals surface area (Å²) in [5, 5.41) is 50.8. The van der Waals surface area contributed by atoms with Gasteiger partial charge in [0.2, 0.25) is 0 Å². The first-order chi connectivity index (χ1) is 20.3. The predicted molar refractivity (Wildman–Crippen MR) is 165 cm³/mol. The van der Waals surface area contributed by atoms with E-state index in [1.54, 1.807) is 49.5 Å². The molecule has 0 radical (unpaired) electrons. The van der Waals surface area contributed by atoms with Crippen LogP contribution in [0.2, 0.25) is 0 Å². The van der Waals surface area contributed by atoms with Crippen molar-refractivity contribution >= 4 is 35.1 Å². The minimum Gasteiger partial charge on any atom is -0.481 e. The number of carbonyl (C=O) groups is 2. The predicted octanol–water partition coefficient (Wildman–Crippen LogP) is 4.68. The van der Waals surface area contributed by atoms with Crippen LogP contribution < -0.4 is 0 Å². The van der Waals surface area contributed by atoms with Crippen LogP contribution in [0.4, 0.5) is 0 Å². The average molecular weight is 644 g/mol. The zero-order valence-electron chi connectivity index (χ0n) is 24.8. The second-order valence-corrected chi connectivity index (χ2v) is 12.0. The number of alkyl halides is 1. The van der Waals surface area contributed by atoms with Crippen molar-refractivity contribution in [1.29, 1.82) is 0 Å². The van der Waals surface area contributed by atoms with E-state index in [-0.39, 0.29) is 25.7 Å². The number of halogens is 2. The fourth-order valence-electron chi connectivity index (χ4n) is 4.82. The summed E-state index contributed by atoms with van der Waals surface area (Å²) < 4.78 is 11.0. The van der Waals surface area contributed by atoms with Crippen molar-refractivity contribution in [2.24, 2.45) is 11.8 Å². The number of aliphatic carboxylic acids is 1. The summed E-state index contributed by atoms with van der Waals surface area (Å²) in [5.41, 5.74) is 0.860. The van der Waals surface area contributed by atoms with Gasteiger partial charge in [0.25, 0.3) is 0 Å². The van der Waals surface area contributed by atoms with Crippen molar-refractivity contribution < 1.29 is 44.6 Å². The molecule has 5 N–H and O–H groups in total. The van der Waals surface area contributed by atoms with Gasteiger partial charge in [-0.15, -0.1) is 11.6 Å². The van der Waals surface area contributed by atoms with Crippen LogP contribution in [0.5, 0.6) is 0 Å². The molecule has 0 aromatic rings. The number of allylic oxidation sites excluding steroid dienone is 9. The van der Waals surface area contributed by atoms with Crippen LogP contribution in [0.15, 0.2) is 71.4 Å². The molecule has 1 saturated carbocycles. The van der Waals surface area contributed by atoms with Crippen molar-refractivity contribution in [3.05, 3.63) is 71.4 Å². The van der Waals surface area contributed by atoms with Crippen LogP contribution in [0, 0.1) is 11.8 Å². The highest BCUT2D eigenvalue weighted by Gasteiger charge is 2.45. The molecule has 11 heteroatoms. The fraction of sp³-hybridized carbons (Fsp3) is 0.562. The van der Waals surface area contributed by atoms with E-state index >= 15 is 0 Å². The van der Waals surface area contributed by atoms with Crippen LogP contribution in [0.25, 0.3) is 0 Å². The molecule has 0 spiro atoms. The smallest absolute Gasteiger partial charge is 0.331 e. The second-order valence-electron chi connectivity index (χ2n) is 11.1. The van der Waals surface area contributed by atoms with Gasteiger partial charge in [0, 0.05) is 36.3 Å². The number of carboxylic acids is 1. The van der Waals surface area contributed by atoms with Crippen molar-refractivity contribution in [2.75, 3.05) is 0 Å². The molecule has 0 aromatic heterocycles. The van der Waals surface area contributed by atoms with Gasteiger partial charge in [-0.2, -0.15) is 0 Å². The monoisotopic (exact) mass is 642 g/mol. The topological polar surface area (TPSA) is 154 Å². The Morgan fingerprint density at radius 2 is 1.77 bits per heavy atom. The molecule has 240 valence electrons. The Kier molecular flexibility index (Phi) is 15.4. The summed E-state index contributed by atoms with van der Waals surface area (Å²) in [7, 11) is 0. The highest BCUT2D eigenvalue weighted by Crippen LogP contribution is 2.36. The highest BCUT2D eigenvalue weighted by molar-refractivity contribution is 6.30. The van der Waals surface area contributed by atoms with Gasteiger partial charge in [0.15, 0.2) is 5.79 Å². The van der Waals surface area contributed by atoms with E-state index in [9.17, 15) is 30.0 Å². The number of hydrogen-bond donors (Lipinski definition) is 5. The average Bonchev–Trinajstić information content (AvgIpc) is 2.94. The molecule has 9 atom stereocenters. The van der Waals surface area contributed by atoms with Crippen LogP contribution in [-0.4, -0.2) is 79.2 Å². The van der Waals surface area contributed by atoms with Gasteiger partial charge in [-0.3, -0.25) is 4.79 Å². The summed E-state index contributed by atoms with van der Waals surface area (Å²) >= 11 is 12.6. The standard InChI is InChI=1S/C32H44Cl2O9/c1-4-5-13-27-30(34)26(37)19-32(41,43-27)18-25(36)21(3)23(33)12-8-6-10-20(2)11-7-9-14-29(38)42-28-17-22(31(39)40)15-16-24(28)35/h5-14,21-22,24-28,30,35-37,41H,4,15-19H2,1-3H3,(H,39,40)/b8-6+,11-7+,13-5+,14-9+,20-10+,23-12-/t21-,22+,24+,25+,26?,27?,28-,30?,32-/m1/s1. The van der Waals surface area contributed by atoms with Gasteiger partial charge in [0.1, 0.15) is 6.10 Å². The largest absolute Gasteiger partial charge is 0.481 e. The van der Waals surface area contributed by atoms with E-state index < -0.39 is 65.5 Å². The molecule has 0 aromatic carbocycles. The maximum absolute atomic E-state index is 12.1. The Bertz CT molecular complexity index is 1110. The molecule has 0 amide bonds. The highest BCUT2D eigenvalue weighted by atomic mass is 35.5. The minimum absolute atomic E-state index is 0.0867.